The van der Waals surface area contributed by atoms with Gasteiger partial charge in [-0.25, -0.2) is 0 Å². The average molecular weight is 468 g/mol. The quantitative estimate of drug-likeness (QED) is 0.337. The second-order valence-electron chi connectivity index (χ2n) is 7.31. The molecule has 5 nitrogen and oxygen atoms in total. The predicted octanol–water partition coefficient (Wildman–Crippen LogP) is 6.59. The first kappa shape index (κ1) is 25.2. The molecule has 1 N–H and O–H groups in total. The fraction of sp³-hybridized carbons (Fsp3) is 0.458. The molecular weight excluding hydrogens is 437 g/mol. The van der Waals surface area contributed by atoms with Crippen LogP contribution in [0.3, 0.4) is 0 Å². The van der Waals surface area contributed by atoms with Crippen molar-refractivity contribution >= 4 is 29.1 Å². The number of nitrogens with zero attached hydrogens (tertiary/aromatic N) is 1. The minimum Gasteiger partial charge on any atom is -0.508 e. The number of carbonyl (C=O) groups is 1. The Labute approximate surface area is 194 Å². The normalized spacial score (nSPS) is 10.7. The summed E-state index contributed by atoms with van der Waals surface area (Å²) in [5, 5.41) is 10.0. The van der Waals surface area contributed by atoms with E-state index in [4.69, 9.17) is 32.7 Å². The first-order valence-corrected chi connectivity index (χ1v) is 11.5. The zero-order valence-corrected chi connectivity index (χ0v) is 19.7. The molecule has 2 aromatic carbocycles. The molecule has 0 heterocycles. The number of carbonyl (C=O) groups excluding carboxylic acids is 1. The molecule has 0 aliphatic rings. The number of phenols is 1. The number of hydrogen-bond acceptors (Lipinski definition) is 4. The minimum atomic E-state index is 0.0103. The van der Waals surface area contributed by atoms with Crippen molar-refractivity contribution in [2.45, 2.75) is 46.0 Å². The fourth-order valence-electron chi connectivity index (χ4n) is 3.16. The molecule has 0 aliphatic heterocycles. The largest absolute Gasteiger partial charge is 0.508 e. The summed E-state index contributed by atoms with van der Waals surface area (Å²) in [6.45, 7) is 6.78. The van der Waals surface area contributed by atoms with Crippen LogP contribution in [-0.2, 0) is 0 Å². The highest BCUT2D eigenvalue weighted by atomic mass is 35.5. The van der Waals surface area contributed by atoms with Crippen LogP contribution in [0.4, 0.5) is 0 Å². The van der Waals surface area contributed by atoms with Gasteiger partial charge in [-0.1, -0.05) is 37.0 Å². The Morgan fingerprint density at radius 3 is 2.00 bits per heavy atom. The van der Waals surface area contributed by atoms with Gasteiger partial charge < -0.3 is 19.5 Å². The van der Waals surface area contributed by atoms with Crippen LogP contribution in [0.15, 0.2) is 36.4 Å². The first-order chi connectivity index (χ1) is 15.0. The number of ether oxygens (including phenoxy) is 2. The summed E-state index contributed by atoms with van der Waals surface area (Å²) in [4.78, 5) is 14.5. The molecule has 0 atom stereocenters. The van der Waals surface area contributed by atoms with E-state index in [1.54, 1.807) is 0 Å². The van der Waals surface area contributed by atoms with Crippen molar-refractivity contribution < 1.29 is 19.4 Å². The summed E-state index contributed by atoms with van der Waals surface area (Å²) < 4.78 is 11.4. The molecule has 0 aliphatic carbocycles. The molecule has 0 saturated heterocycles. The van der Waals surface area contributed by atoms with E-state index in [0.29, 0.717) is 34.6 Å². The Morgan fingerprint density at radius 1 is 0.903 bits per heavy atom. The monoisotopic (exact) mass is 467 g/mol. The lowest BCUT2D eigenvalue weighted by atomic mass is 10.2. The first-order valence-electron chi connectivity index (χ1n) is 10.8. The smallest absolute Gasteiger partial charge is 0.253 e. The number of amides is 1. The van der Waals surface area contributed by atoms with Crippen molar-refractivity contribution in [3.8, 4) is 17.2 Å². The van der Waals surface area contributed by atoms with Crippen molar-refractivity contribution in [3.05, 3.63) is 52.0 Å². The van der Waals surface area contributed by atoms with E-state index >= 15 is 0 Å². The molecule has 0 unspecified atom stereocenters. The summed E-state index contributed by atoms with van der Waals surface area (Å²) in [6.07, 6.45) is 4.53. The SMILES string of the molecule is CCCN(CCC)C(=O)c1ccc(OCCCCCOc2c(Cl)cc(O)cc2Cl)cc1. The molecule has 31 heavy (non-hydrogen) atoms. The van der Waals surface area contributed by atoms with Crippen LogP contribution in [0.2, 0.25) is 10.0 Å². The van der Waals surface area contributed by atoms with Gasteiger partial charge in [0.1, 0.15) is 11.5 Å². The molecule has 1 amide bonds. The van der Waals surface area contributed by atoms with Gasteiger partial charge in [-0.3, -0.25) is 4.79 Å². The van der Waals surface area contributed by atoms with Gasteiger partial charge in [-0.05, 0) is 56.4 Å². The highest BCUT2D eigenvalue weighted by Crippen LogP contribution is 2.36. The van der Waals surface area contributed by atoms with Crippen molar-refractivity contribution in [1.29, 1.82) is 0 Å². The number of rotatable bonds is 13. The summed E-state index contributed by atoms with van der Waals surface area (Å²) in [5.74, 6) is 1.23. The van der Waals surface area contributed by atoms with E-state index in [-0.39, 0.29) is 11.7 Å². The lowest BCUT2D eigenvalue weighted by Crippen LogP contribution is -2.32. The summed E-state index contributed by atoms with van der Waals surface area (Å²) >= 11 is 12.1. The van der Waals surface area contributed by atoms with E-state index in [9.17, 15) is 9.90 Å². The summed E-state index contributed by atoms with van der Waals surface area (Å²) in [7, 11) is 0. The van der Waals surface area contributed by atoms with Gasteiger partial charge >= 0.3 is 0 Å². The highest BCUT2D eigenvalue weighted by molar-refractivity contribution is 6.37. The lowest BCUT2D eigenvalue weighted by Gasteiger charge is -2.21. The Balaban J connectivity index is 1.68. The van der Waals surface area contributed by atoms with Gasteiger partial charge in [0.05, 0.1) is 23.3 Å². The van der Waals surface area contributed by atoms with Crippen molar-refractivity contribution in [2.24, 2.45) is 0 Å². The Hall–Kier alpha value is -2.11. The molecule has 2 rings (SSSR count). The van der Waals surface area contributed by atoms with E-state index in [0.717, 1.165) is 50.9 Å². The highest BCUT2D eigenvalue weighted by Gasteiger charge is 2.14. The third-order valence-corrected chi connectivity index (χ3v) is 5.22. The minimum absolute atomic E-state index is 0.0103. The Bertz CT molecular complexity index is 798. The molecule has 0 fully saturated rings. The zero-order valence-electron chi connectivity index (χ0n) is 18.2. The van der Waals surface area contributed by atoms with Gasteiger partial charge in [0, 0.05) is 30.8 Å². The van der Waals surface area contributed by atoms with Crippen LogP contribution < -0.4 is 9.47 Å². The van der Waals surface area contributed by atoms with Gasteiger partial charge in [-0.2, -0.15) is 0 Å². The van der Waals surface area contributed by atoms with Gasteiger partial charge in [0.2, 0.25) is 0 Å². The van der Waals surface area contributed by atoms with E-state index in [2.05, 4.69) is 13.8 Å². The second kappa shape index (κ2) is 13.3. The van der Waals surface area contributed by atoms with E-state index < -0.39 is 0 Å². The van der Waals surface area contributed by atoms with Crippen LogP contribution >= 0.6 is 23.2 Å². The predicted molar refractivity (Wildman–Crippen MR) is 126 cm³/mol. The number of unbranched alkanes of at least 4 members (excludes halogenated alkanes) is 2. The van der Waals surface area contributed by atoms with Gasteiger partial charge in [-0.15, -0.1) is 0 Å². The summed E-state index contributed by atoms with van der Waals surface area (Å²) in [5.41, 5.74) is 0.693. The maximum atomic E-state index is 12.6. The molecule has 0 saturated carbocycles. The molecule has 0 aromatic heterocycles. The number of benzene rings is 2. The number of hydrogen-bond donors (Lipinski definition) is 1. The second-order valence-corrected chi connectivity index (χ2v) is 8.13. The zero-order chi connectivity index (χ0) is 22.6. The molecule has 2 aromatic rings. The molecular formula is C24H31Cl2NO4. The fourth-order valence-corrected chi connectivity index (χ4v) is 3.75. The van der Waals surface area contributed by atoms with Crippen LogP contribution in [-0.4, -0.2) is 42.2 Å². The third-order valence-electron chi connectivity index (χ3n) is 4.66. The van der Waals surface area contributed by atoms with E-state index in [1.165, 1.54) is 12.1 Å². The standard InChI is InChI=1S/C24H31Cl2NO4/c1-3-12-27(13-4-2)24(29)18-8-10-20(11-9-18)30-14-6-5-7-15-31-23-21(25)16-19(28)17-22(23)26/h8-11,16-17,28H,3-7,12-15H2,1-2H3. The topological polar surface area (TPSA) is 59.0 Å². The third kappa shape index (κ3) is 8.15. The number of aromatic hydroxyl groups is 1. The molecule has 0 radical (unpaired) electrons. The van der Waals surface area contributed by atoms with Crippen LogP contribution in [0.25, 0.3) is 0 Å². The maximum absolute atomic E-state index is 12.6. The van der Waals surface area contributed by atoms with E-state index in [1.807, 2.05) is 29.2 Å². The van der Waals surface area contributed by atoms with Gasteiger partial charge in [0.15, 0.2) is 5.75 Å². The lowest BCUT2D eigenvalue weighted by molar-refractivity contribution is 0.0755. The van der Waals surface area contributed by atoms with Crippen LogP contribution in [0, 0.1) is 0 Å². The molecule has 170 valence electrons. The molecule has 7 heteroatoms. The Kier molecular flexibility index (Phi) is 10.8. The van der Waals surface area contributed by atoms with Crippen LogP contribution in [0.1, 0.15) is 56.3 Å². The van der Waals surface area contributed by atoms with Crippen molar-refractivity contribution in [1.82, 2.24) is 4.90 Å². The summed E-state index contributed by atoms with van der Waals surface area (Å²) in [6, 6.07) is 10.2. The van der Waals surface area contributed by atoms with Crippen molar-refractivity contribution in [2.75, 3.05) is 26.3 Å². The van der Waals surface area contributed by atoms with Gasteiger partial charge in [0.25, 0.3) is 5.91 Å². The molecule has 0 bridgehead atoms. The Morgan fingerprint density at radius 2 is 1.45 bits per heavy atom. The van der Waals surface area contributed by atoms with Crippen molar-refractivity contribution in [3.63, 3.8) is 0 Å². The van der Waals surface area contributed by atoms with Crippen LogP contribution in [0.5, 0.6) is 17.2 Å². The number of phenolic OH excluding ortho intramolecular Hbond substituents is 1. The maximum Gasteiger partial charge on any atom is 0.253 e. The number of halogens is 2. The molecule has 0 spiro atoms. The average Bonchev–Trinajstić information content (AvgIpc) is 2.74.